The molecule has 122 valence electrons. The highest BCUT2D eigenvalue weighted by Crippen LogP contribution is 2.31. The highest BCUT2D eigenvalue weighted by molar-refractivity contribution is 6.42. The molecule has 6 heteroatoms. The summed E-state index contributed by atoms with van der Waals surface area (Å²) in [6.07, 6.45) is 1.65. The molecule has 0 amide bonds. The molecule has 0 radical (unpaired) electrons. The normalized spacial score (nSPS) is 10.3. The number of nitrogens with one attached hydrogen (secondary N) is 1. The van der Waals surface area contributed by atoms with E-state index in [2.05, 4.69) is 5.32 Å². The van der Waals surface area contributed by atoms with E-state index < -0.39 is 5.97 Å². The topological polar surface area (TPSA) is 58.6 Å². The molecule has 23 heavy (non-hydrogen) atoms. The first-order valence-corrected chi connectivity index (χ1v) is 7.98. The van der Waals surface area contributed by atoms with Crippen LogP contribution in [-0.4, -0.2) is 24.2 Å². The molecule has 2 N–H and O–H groups in total. The molecule has 0 aliphatic heterocycles. The van der Waals surface area contributed by atoms with E-state index in [1.54, 1.807) is 42.5 Å². The lowest BCUT2D eigenvalue weighted by molar-refractivity contribution is 0.0698. The average molecular weight is 354 g/mol. The number of hydrogen-bond donors (Lipinski definition) is 2. The lowest BCUT2D eigenvalue weighted by Crippen LogP contribution is -2.08. The molecule has 0 saturated heterocycles. The fourth-order valence-corrected chi connectivity index (χ4v) is 2.40. The van der Waals surface area contributed by atoms with Crippen molar-refractivity contribution in [3.05, 3.63) is 58.1 Å². The molecule has 0 atom stereocenters. The van der Waals surface area contributed by atoms with Gasteiger partial charge in [0.1, 0.15) is 10.8 Å². The zero-order chi connectivity index (χ0) is 16.7. The van der Waals surface area contributed by atoms with Crippen LogP contribution in [0.2, 0.25) is 10.0 Å². The van der Waals surface area contributed by atoms with E-state index in [0.717, 1.165) is 12.8 Å². The van der Waals surface area contributed by atoms with Crippen molar-refractivity contribution in [2.45, 2.75) is 12.8 Å². The van der Waals surface area contributed by atoms with E-state index >= 15 is 0 Å². The van der Waals surface area contributed by atoms with Gasteiger partial charge < -0.3 is 15.2 Å². The van der Waals surface area contributed by atoms with Crippen molar-refractivity contribution in [2.24, 2.45) is 0 Å². The van der Waals surface area contributed by atoms with Gasteiger partial charge in [-0.15, -0.1) is 0 Å². The van der Waals surface area contributed by atoms with Crippen molar-refractivity contribution in [1.29, 1.82) is 0 Å². The number of rotatable bonds is 8. The minimum atomic E-state index is -0.938. The van der Waals surface area contributed by atoms with Crippen LogP contribution in [0.1, 0.15) is 23.2 Å². The van der Waals surface area contributed by atoms with Gasteiger partial charge in [-0.2, -0.15) is 0 Å². The summed E-state index contributed by atoms with van der Waals surface area (Å²) >= 11 is 12.0. The fraction of sp³-hybridized carbons (Fsp3) is 0.235. The summed E-state index contributed by atoms with van der Waals surface area (Å²) in [7, 11) is 0. The van der Waals surface area contributed by atoms with Crippen LogP contribution in [0.5, 0.6) is 5.75 Å². The molecule has 2 aromatic rings. The molecule has 0 aliphatic rings. The molecule has 0 aromatic heterocycles. The fourth-order valence-electron chi connectivity index (χ4n) is 2.05. The van der Waals surface area contributed by atoms with Gasteiger partial charge in [0, 0.05) is 12.2 Å². The van der Waals surface area contributed by atoms with E-state index in [4.69, 9.17) is 33.0 Å². The zero-order valence-electron chi connectivity index (χ0n) is 12.4. The minimum Gasteiger partial charge on any atom is -0.492 e. The van der Waals surface area contributed by atoms with E-state index in [0.29, 0.717) is 34.6 Å². The van der Waals surface area contributed by atoms with Gasteiger partial charge in [-0.25, -0.2) is 4.79 Å². The minimum absolute atomic E-state index is 0.273. The Morgan fingerprint density at radius 1 is 1.09 bits per heavy atom. The molecule has 0 fully saturated rings. The highest BCUT2D eigenvalue weighted by atomic mass is 35.5. The Morgan fingerprint density at radius 2 is 1.87 bits per heavy atom. The van der Waals surface area contributed by atoms with Gasteiger partial charge >= 0.3 is 5.97 Å². The SMILES string of the molecule is O=C(O)c1ccccc1NCCCCOc1cccc(Cl)c1Cl. The number of carbonyl (C=O) groups is 1. The van der Waals surface area contributed by atoms with Crippen molar-refractivity contribution in [1.82, 2.24) is 0 Å². The number of para-hydroxylation sites is 1. The molecule has 0 saturated carbocycles. The van der Waals surface area contributed by atoms with Crippen molar-refractivity contribution in [3.63, 3.8) is 0 Å². The van der Waals surface area contributed by atoms with Gasteiger partial charge in [0.15, 0.2) is 0 Å². The zero-order valence-corrected chi connectivity index (χ0v) is 13.9. The summed E-state index contributed by atoms with van der Waals surface area (Å²) < 4.78 is 5.59. The van der Waals surface area contributed by atoms with Gasteiger partial charge in [-0.1, -0.05) is 41.4 Å². The second-order valence-electron chi connectivity index (χ2n) is 4.89. The van der Waals surface area contributed by atoms with Crippen LogP contribution in [0, 0.1) is 0 Å². The Balaban J connectivity index is 1.72. The molecule has 0 heterocycles. The molecular weight excluding hydrogens is 337 g/mol. The lowest BCUT2D eigenvalue weighted by atomic mass is 10.2. The van der Waals surface area contributed by atoms with Crippen molar-refractivity contribution in [2.75, 3.05) is 18.5 Å². The maximum atomic E-state index is 11.1. The first kappa shape index (κ1) is 17.4. The molecule has 0 spiro atoms. The van der Waals surface area contributed by atoms with Gasteiger partial charge in [0.25, 0.3) is 0 Å². The van der Waals surface area contributed by atoms with Gasteiger partial charge in [-0.05, 0) is 37.1 Å². The summed E-state index contributed by atoms with van der Waals surface area (Å²) in [5, 5.41) is 13.1. The van der Waals surface area contributed by atoms with Crippen LogP contribution in [0.3, 0.4) is 0 Å². The highest BCUT2D eigenvalue weighted by Gasteiger charge is 2.08. The summed E-state index contributed by atoms with van der Waals surface area (Å²) in [6, 6.07) is 12.1. The predicted molar refractivity (Wildman–Crippen MR) is 93.1 cm³/mol. The summed E-state index contributed by atoms with van der Waals surface area (Å²) in [6.45, 7) is 1.18. The standard InChI is InChI=1S/C17H17Cl2NO3/c18-13-7-5-9-15(16(13)19)23-11-4-3-10-20-14-8-2-1-6-12(14)17(21)22/h1-2,5-9,20H,3-4,10-11H2,(H,21,22). The second-order valence-corrected chi connectivity index (χ2v) is 5.67. The number of halogens is 2. The lowest BCUT2D eigenvalue weighted by Gasteiger charge is -2.10. The van der Waals surface area contributed by atoms with Crippen molar-refractivity contribution < 1.29 is 14.6 Å². The van der Waals surface area contributed by atoms with Gasteiger partial charge in [-0.3, -0.25) is 0 Å². The van der Waals surface area contributed by atoms with E-state index in [1.807, 2.05) is 0 Å². The van der Waals surface area contributed by atoms with Crippen LogP contribution in [-0.2, 0) is 0 Å². The Bertz CT molecular complexity index is 677. The molecule has 2 aromatic carbocycles. The largest absolute Gasteiger partial charge is 0.492 e. The van der Waals surface area contributed by atoms with Crippen molar-refractivity contribution in [3.8, 4) is 5.75 Å². The van der Waals surface area contributed by atoms with Crippen LogP contribution in [0.4, 0.5) is 5.69 Å². The van der Waals surface area contributed by atoms with Crippen LogP contribution >= 0.6 is 23.2 Å². The van der Waals surface area contributed by atoms with Crippen LogP contribution < -0.4 is 10.1 Å². The first-order chi connectivity index (χ1) is 11.1. The third kappa shape index (κ3) is 5.05. The maximum absolute atomic E-state index is 11.1. The second kappa shape index (κ2) is 8.65. The van der Waals surface area contributed by atoms with Gasteiger partial charge in [0.2, 0.25) is 0 Å². The Labute approximate surface area is 145 Å². The molecule has 0 unspecified atom stereocenters. The number of carboxylic acids is 1. The quantitative estimate of drug-likeness (QED) is 0.658. The molecule has 2 rings (SSSR count). The molecular formula is C17H17Cl2NO3. The molecule has 4 nitrogen and oxygen atoms in total. The third-order valence-corrected chi connectivity index (χ3v) is 4.02. The predicted octanol–water partition coefficient (Wildman–Crippen LogP) is 4.96. The number of carboxylic acid groups (broad SMARTS) is 1. The average Bonchev–Trinajstić information content (AvgIpc) is 2.54. The Morgan fingerprint density at radius 3 is 2.65 bits per heavy atom. The maximum Gasteiger partial charge on any atom is 0.337 e. The van der Waals surface area contributed by atoms with Crippen molar-refractivity contribution >= 4 is 34.9 Å². The number of benzene rings is 2. The van der Waals surface area contributed by atoms with E-state index in [9.17, 15) is 4.79 Å². The number of aromatic carboxylic acids is 1. The molecule has 0 aliphatic carbocycles. The van der Waals surface area contributed by atoms with Crippen LogP contribution in [0.15, 0.2) is 42.5 Å². The smallest absolute Gasteiger partial charge is 0.337 e. The van der Waals surface area contributed by atoms with E-state index in [1.165, 1.54) is 0 Å². The Hall–Kier alpha value is -1.91. The molecule has 0 bridgehead atoms. The third-order valence-electron chi connectivity index (χ3n) is 3.22. The van der Waals surface area contributed by atoms with Crippen LogP contribution in [0.25, 0.3) is 0 Å². The Kier molecular flexibility index (Phi) is 6.56. The van der Waals surface area contributed by atoms with E-state index in [-0.39, 0.29) is 5.56 Å². The van der Waals surface area contributed by atoms with Gasteiger partial charge in [0.05, 0.1) is 17.2 Å². The summed E-state index contributed by atoms with van der Waals surface area (Å²) in [5.41, 5.74) is 0.897. The summed E-state index contributed by atoms with van der Waals surface area (Å²) in [4.78, 5) is 11.1. The number of unbranched alkanes of at least 4 members (excludes halogenated alkanes) is 1. The first-order valence-electron chi connectivity index (χ1n) is 7.22. The monoisotopic (exact) mass is 353 g/mol. The number of hydrogen-bond acceptors (Lipinski definition) is 3. The summed E-state index contributed by atoms with van der Waals surface area (Å²) in [5.74, 6) is -0.365. The number of anilines is 1. The number of ether oxygens (including phenoxy) is 1.